The maximum Gasteiger partial charge on any atom is 0.253 e. The number of nitrogens with zero attached hydrogens (tertiary/aromatic N) is 1. The summed E-state index contributed by atoms with van der Waals surface area (Å²) < 4.78 is 0. The normalized spacial score (nSPS) is 10.2. The number of hydrogen-bond acceptors (Lipinski definition) is 1. The number of carbonyl (C=O) groups excluding carboxylic acids is 1. The summed E-state index contributed by atoms with van der Waals surface area (Å²) in [5, 5.41) is 0. The van der Waals surface area contributed by atoms with E-state index in [-0.39, 0.29) is 5.91 Å². The summed E-state index contributed by atoms with van der Waals surface area (Å²) in [6.07, 6.45) is 1.85. The zero-order valence-electron chi connectivity index (χ0n) is 11.5. The molecule has 0 aromatic heterocycles. The molecule has 0 radical (unpaired) electrons. The van der Waals surface area contributed by atoms with Crippen molar-refractivity contribution >= 4 is 5.91 Å². The Balaban J connectivity index is 2.14. The average Bonchev–Trinajstić information content (AvgIpc) is 2.45. The minimum absolute atomic E-state index is 0.0728. The zero-order chi connectivity index (χ0) is 13.7. The number of rotatable bonds is 4. The van der Waals surface area contributed by atoms with E-state index in [1.54, 1.807) is 19.0 Å². The number of aryl methyl sites for hydroxylation is 2. The summed E-state index contributed by atoms with van der Waals surface area (Å²) in [5.41, 5.74) is 3.23. The molecule has 0 atom stereocenters. The lowest BCUT2D eigenvalue weighted by Gasteiger charge is -2.14. The van der Waals surface area contributed by atoms with E-state index in [4.69, 9.17) is 0 Å². The summed E-state index contributed by atoms with van der Waals surface area (Å²) in [6.45, 7) is 0. The molecule has 2 heteroatoms. The van der Waals surface area contributed by atoms with Crippen LogP contribution < -0.4 is 0 Å². The lowest BCUT2D eigenvalue weighted by molar-refractivity contribution is 0.0826. The van der Waals surface area contributed by atoms with E-state index in [1.165, 1.54) is 5.56 Å². The van der Waals surface area contributed by atoms with Gasteiger partial charge in [-0.3, -0.25) is 4.79 Å². The zero-order valence-corrected chi connectivity index (χ0v) is 11.5. The molecule has 2 aromatic carbocycles. The quantitative estimate of drug-likeness (QED) is 0.819. The van der Waals surface area contributed by atoms with Crippen molar-refractivity contribution in [2.45, 2.75) is 12.8 Å². The monoisotopic (exact) mass is 253 g/mol. The number of hydrogen-bond donors (Lipinski definition) is 0. The van der Waals surface area contributed by atoms with E-state index in [0.717, 1.165) is 24.0 Å². The van der Waals surface area contributed by atoms with Crippen LogP contribution in [-0.2, 0) is 12.8 Å². The first kappa shape index (κ1) is 13.3. The minimum Gasteiger partial charge on any atom is -0.345 e. The molecule has 19 heavy (non-hydrogen) atoms. The SMILES string of the molecule is CN(C)C(=O)c1ccccc1CCc1ccccc1. The third kappa shape index (κ3) is 3.44. The Labute approximate surface area is 114 Å². The van der Waals surface area contributed by atoms with Crippen molar-refractivity contribution in [1.29, 1.82) is 0 Å². The summed E-state index contributed by atoms with van der Waals surface area (Å²) in [6, 6.07) is 18.2. The third-order valence-electron chi connectivity index (χ3n) is 3.18. The van der Waals surface area contributed by atoms with Crippen LogP contribution in [0, 0.1) is 0 Å². The Hall–Kier alpha value is -2.09. The van der Waals surface area contributed by atoms with E-state index >= 15 is 0 Å². The Bertz CT molecular complexity index is 546. The van der Waals surface area contributed by atoms with Crippen LogP contribution in [-0.4, -0.2) is 24.9 Å². The second-order valence-electron chi connectivity index (χ2n) is 4.84. The van der Waals surface area contributed by atoms with Crippen LogP contribution in [0.1, 0.15) is 21.5 Å². The Morgan fingerprint density at radius 2 is 1.53 bits per heavy atom. The van der Waals surface area contributed by atoms with Crippen molar-refractivity contribution < 1.29 is 4.79 Å². The Morgan fingerprint density at radius 3 is 2.21 bits per heavy atom. The maximum atomic E-state index is 12.1. The highest BCUT2D eigenvalue weighted by molar-refractivity contribution is 5.95. The van der Waals surface area contributed by atoms with Gasteiger partial charge in [0.05, 0.1) is 0 Å². The Morgan fingerprint density at radius 1 is 0.895 bits per heavy atom. The fourth-order valence-corrected chi connectivity index (χ4v) is 2.11. The van der Waals surface area contributed by atoms with Gasteiger partial charge in [-0.2, -0.15) is 0 Å². The van der Waals surface area contributed by atoms with Gasteiger partial charge in [0.25, 0.3) is 5.91 Å². The van der Waals surface area contributed by atoms with Gasteiger partial charge in [-0.15, -0.1) is 0 Å². The first-order chi connectivity index (χ1) is 9.18. The van der Waals surface area contributed by atoms with Gasteiger partial charge < -0.3 is 4.90 Å². The van der Waals surface area contributed by atoms with Gasteiger partial charge in [-0.1, -0.05) is 48.5 Å². The molecule has 0 unspecified atom stereocenters. The summed E-state index contributed by atoms with van der Waals surface area (Å²) in [7, 11) is 3.58. The molecule has 1 amide bonds. The van der Waals surface area contributed by atoms with E-state index < -0.39 is 0 Å². The van der Waals surface area contributed by atoms with Crippen molar-refractivity contribution in [2.24, 2.45) is 0 Å². The molecule has 0 fully saturated rings. The van der Waals surface area contributed by atoms with Gasteiger partial charge in [0.15, 0.2) is 0 Å². The van der Waals surface area contributed by atoms with Gasteiger partial charge in [0.1, 0.15) is 0 Å². The highest BCUT2D eigenvalue weighted by Gasteiger charge is 2.12. The molecular weight excluding hydrogens is 234 g/mol. The number of benzene rings is 2. The van der Waals surface area contributed by atoms with Crippen LogP contribution in [0.15, 0.2) is 54.6 Å². The fourth-order valence-electron chi connectivity index (χ4n) is 2.11. The van der Waals surface area contributed by atoms with E-state index in [9.17, 15) is 4.79 Å². The van der Waals surface area contributed by atoms with Crippen molar-refractivity contribution in [2.75, 3.05) is 14.1 Å². The summed E-state index contributed by atoms with van der Waals surface area (Å²) in [5.74, 6) is 0.0728. The molecule has 98 valence electrons. The molecular formula is C17H19NO. The van der Waals surface area contributed by atoms with Crippen molar-refractivity contribution in [1.82, 2.24) is 4.90 Å². The summed E-state index contributed by atoms with van der Waals surface area (Å²) >= 11 is 0. The molecule has 0 aliphatic heterocycles. The first-order valence-corrected chi connectivity index (χ1v) is 6.52. The van der Waals surface area contributed by atoms with Crippen molar-refractivity contribution in [3.63, 3.8) is 0 Å². The highest BCUT2D eigenvalue weighted by Crippen LogP contribution is 2.14. The number of amides is 1. The predicted molar refractivity (Wildman–Crippen MR) is 78.3 cm³/mol. The second kappa shape index (κ2) is 6.19. The van der Waals surface area contributed by atoms with Crippen LogP contribution in [0.5, 0.6) is 0 Å². The second-order valence-corrected chi connectivity index (χ2v) is 4.84. The molecule has 0 aliphatic carbocycles. The van der Waals surface area contributed by atoms with Gasteiger partial charge in [-0.05, 0) is 30.0 Å². The molecule has 2 aromatic rings. The fraction of sp³-hybridized carbons (Fsp3) is 0.235. The first-order valence-electron chi connectivity index (χ1n) is 6.52. The van der Waals surface area contributed by atoms with Gasteiger partial charge >= 0.3 is 0 Å². The van der Waals surface area contributed by atoms with Crippen molar-refractivity contribution in [3.8, 4) is 0 Å². The lowest BCUT2D eigenvalue weighted by Crippen LogP contribution is -2.23. The molecule has 2 nitrogen and oxygen atoms in total. The van der Waals surface area contributed by atoms with Crippen LogP contribution in [0.3, 0.4) is 0 Å². The summed E-state index contributed by atoms with van der Waals surface area (Å²) in [4.78, 5) is 13.7. The van der Waals surface area contributed by atoms with Gasteiger partial charge in [0, 0.05) is 19.7 Å². The molecule has 0 aliphatic rings. The standard InChI is InChI=1S/C17H19NO/c1-18(2)17(19)16-11-7-6-10-15(16)13-12-14-8-4-3-5-9-14/h3-11H,12-13H2,1-2H3. The van der Waals surface area contributed by atoms with Crippen LogP contribution in [0.25, 0.3) is 0 Å². The largest absolute Gasteiger partial charge is 0.345 e. The van der Waals surface area contributed by atoms with Crippen LogP contribution >= 0.6 is 0 Å². The molecule has 2 rings (SSSR count). The molecule has 0 saturated carbocycles. The molecule has 0 saturated heterocycles. The van der Waals surface area contributed by atoms with E-state index in [0.29, 0.717) is 0 Å². The van der Waals surface area contributed by atoms with Crippen molar-refractivity contribution in [3.05, 3.63) is 71.3 Å². The van der Waals surface area contributed by atoms with Gasteiger partial charge in [0.2, 0.25) is 0 Å². The smallest absolute Gasteiger partial charge is 0.253 e. The van der Waals surface area contributed by atoms with Gasteiger partial charge in [-0.25, -0.2) is 0 Å². The van der Waals surface area contributed by atoms with Crippen LogP contribution in [0.2, 0.25) is 0 Å². The third-order valence-corrected chi connectivity index (χ3v) is 3.18. The minimum atomic E-state index is 0.0728. The van der Waals surface area contributed by atoms with E-state index in [2.05, 4.69) is 12.1 Å². The maximum absolute atomic E-state index is 12.1. The van der Waals surface area contributed by atoms with E-state index in [1.807, 2.05) is 42.5 Å². The van der Waals surface area contributed by atoms with Crippen LogP contribution in [0.4, 0.5) is 0 Å². The number of carbonyl (C=O) groups is 1. The molecule has 0 heterocycles. The predicted octanol–water partition coefficient (Wildman–Crippen LogP) is 3.17. The Kier molecular flexibility index (Phi) is 4.35. The molecule has 0 spiro atoms. The molecule has 0 N–H and O–H groups in total. The lowest BCUT2D eigenvalue weighted by atomic mass is 9.99. The highest BCUT2D eigenvalue weighted by atomic mass is 16.2. The molecule has 0 bridgehead atoms. The average molecular weight is 253 g/mol. The topological polar surface area (TPSA) is 20.3 Å².